The Bertz CT molecular complexity index is 473. The van der Waals surface area contributed by atoms with Gasteiger partial charge in [-0.1, -0.05) is 35.7 Å². The van der Waals surface area contributed by atoms with Crippen molar-refractivity contribution in [2.24, 2.45) is 0 Å². The zero-order valence-corrected chi connectivity index (χ0v) is 13.2. The Balaban J connectivity index is 1.88. The standard InChI is InChI=1S/C15H20Cl2N2O/c1-19(10-12-4-2-3-7-18-12)15(20)9-11-5-6-13(16)14(17)8-11/h5-6,8,12,18H,2-4,7,9-10H2,1H3. The third-order valence-electron chi connectivity index (χ3n) is 3.67. The Morgan fingerprint density at radius 2 is 2.15 bits per heavy atom. The molecule has 1 aliphatic rings. The van der Waals surface area contributed by atoms with Crippen LogP contribution in [0.1, 0.15) is 24.8 Å². The fourth-order valence-corrected chi connectivity index (χ4v) is 2.79. The maximum atomic E-state index is 12.2. The van der Waals surface area contributed by atoms with E-state index in [1.807, 2.05) is 13.1 Å². The molecule has 0 aliphatic carbocycles. The number of likely N-dealkylation sites (N-methyl/N-ethyl adjacent to an activating group) is 1. The van der Waals surface area contributed by atoms with Gasteiger partial charge in [-0.3, -0.25) is 4.79 Å². The highest BCUT2D eigenvalue weighted by atomic mass is 35.5. The number of carbonyl (C=O) groups is 1. The molecule has 0 bridgehead atoms. The van der Waals surface area contributed by atoms with E-state index in [0.29, 0.717) is 22.5 Å². The number of piperidine rings is 1. The molecule has 1 aromatic rings. The smallest absolute Gasteiger partial charge is 0.226 e. The molecule has 1 N–H and O–H groups in total. The molecule has 2 rings (SSSR count). The van der Waals surface area contributed by atoms with Crippen molar-refractivity contribution in [2.75, 3.05) is 20.1 Å². The van der Waals surface area contributed by atoms with Crippen LogP contribution in [0.2, 0.25) is 10.0 Å². The first-order valence-corrected chi connectivity index (χ1v) is 7.73. The van der Waals surface area contributed by atoms with Crippen LogP contribution < -0.4 is 5.32 Å². The molecule has 0 saturated carbocycles. The third kappa shape index (κ3) is 4.37. The van der Waals surface area contributed by atoms with Crippen molar-refractivity contribution >= 4 is 29.1 Å². The highest BCUT2D eigenvalue weighted by Crippen LogP contribution is 2.23. The van der Waals surface area contributed by atoms with Crippen molar-refractivity contribution in [1.29, 1.82) is 0 Å². The largest absolute Gasteiger partial charge is 0.344 e. The molecule has 0 aromatic heterocycles. The summed E-state index contributed by atoms with van der Waals surface area (Å²) in [4.78, 5) is 14.0. The van der Waals surface area contributed by atoms with Gasteiger partial charge in [-0.15, -0.1) is 0 Å². The molecule has 1 amide bonds. The number of nitrogens with zero attached hydrogens (tertiary/aromatic N) is 1. The lowest BCUT2D eigenvalue weighted by Crippen LogP contribution is -2.44. The van der Waals surface area contributed by atoms with Crippen molar-refractivity contribution in [1.82, 2.24) is 10.2 Å². The molecular weight excluding hydrogens is 295 g/mol. The average molecular weight is 315 g/mol. The molecule has 1 aromatic carbocycles. The summed E-state index contributed by atoms with van der Waals surface area (Å²) in [6.45, 7) is 1.82. The van der Waals surface area contributed by atoms with Crippen LogP contribution in [0.4, 0.5) is 0 Å². The molecule has 5 heteroatoms. The first-order valence-electron chi connectivity index (χ1n) is 6.97. The molecule has 20 heavy (non-hydrogen) atoms. The fraction of sp³-hybridized carbons (Fsp3) is 0.533. The van der Waals surface area contributed by atoms with E-state index in [0.717, 1.165) is 25.1 Å². The van der Waals surface area contributed by atoms with E-state index in [1.165, 1.54) is 12.8 Å². The molecule has 1 heterocycles. The Hall–Kier alpha value is -0.770. The number of carbonyl (C=O) groups excluding carboxylic acids is 1. The van der Waals surface area contributed by atoms with Gasteiger partial charge in [-0.25, -0.2) is 0 Å². The van der Waals surface area contributed by atoms with Crippen molar-refractivity contribution < 1.29 is 4.79 Å². The normalized spacial score (nSPS) is 18.9. The SMILES string of the molecule is CN(CC1CCCCN1)C(=O)Cc1ccc(Cl)c(Cl)c1. The van der Waals surface area contributed by atoms with Gasteiger partial charge in [0.2, 0.25) is 5.91 Å². The second kappa shape index (κ2) is 7.30. The Morgan fingerprint density at radius 1 is 1.35 bits per heavy atom. The fourth-order valence-electron chi connectivity index (χ4n) is 2.47. The van der Waals surface area contributed by atoms with Gasteiger partial charge in [0.1, 0.15) is 0 Å². The summed E-state index contributed by atoms with van der Waals surface area (Å²) in [6, 6.07) is 5.76. The van der Waals surface area contributed by atoms with Gasteiger partial charge in [-0.2, -0.15) is 0 Å². The minimum atomic E-state index is 0.107. The molecule has 0 spiro atoms. The van der Waals surface area contributed by atoms with E-state index in [-0.39, 0.29) is 5.91 Å². The molecule has 3 nitrogen and oxygen atoms in total. The minimum Gasteiger partial charge on any atom is -0.344 e. The van der Waals surface area contributed by atoms with Crippen LogP contribution in [0.5, 0.6) is 0 Å². The Kier molecular flexibility index (Phi) is 5.70. The lowest BCUT2D eigenvalue weighted by Gasteiger charge is -2.28. The molecule has 1 atom stereocenters. The van der Waals surface area contributed by atoms with Gasteiger partial charge in [0.25, 0.3) is 0 Å². The maximum Gasteiger partial charge on any atom is 0.226 e. The lowest BCUT2D eigenvalue weighted by atomic mass is 10.0. The number of halogens is 2. The monoisotopic (exact) mass is 314 g/mol. The summed E-state index contributed by atoms with van der Waals surface area (Å²) in [5, 5.41) is 4.46. The van der Waals surface area contributed by atoms with Crippen LogP contribution in [0.25, 0.3) is 0 Å². The molecule has 110 valence electrons. The maximum absolute atomic E-state index is 12.2. The number of amides is 1. The Morgan fingerprint density at radius 3 is 2.80 bits per heavy atom. The second-order valence-corrected chi connectivity index (χ2v) is 6.16. The molecule has 0 radical (unpaired) electrons. The topological polar surface area (TPSA) is 32.3 Å². The van der Waals surface area contributed by atoms with Gasteiger partial charge in [0.05, 0.1) is 16.5 Å². The summed E-state index contributed by atoms with van der Waals surface area (Å²) in [6.07, 6.45) is 3.98. The predicted molar refractivity (Wildman–Crippen MR) is 83.4 cm³/mol. The van der Waals surface area contributed by atoms with Crippen LogP contribution in [-0.4, -0.2) is 37.0 Å². The summed E-state index contributed by atoms with van der Waals surface area (Å²) in [5.74, 6) is 0.107. The molecule has 1 aliphatic heterocycles. The summed E-state index contributed by atoms with van der Waals surface area (Å²) in [5.41, 5.74) is 0.896. The zero-order valence-electron chi connectivity index (χ0n) is 11.7. The summed E-state index contributed by atoms with van der Waals surface area (Å²) in [7, 11) is 1.86. The molecular formula is C15H20Cl2N2O. The van der Waals surface area contributed by atoms with E-state index >= 15 is 0 Å². The second-order valence-electron chi connectivity index (χ2n) is 5.35. The highest BCUT2D eigenvalue weighted by molar-refractivity contribution is 6.42. The number of rotatable bonds is 4. The molecule has 1 fully saturated rings. The van der Waals surface area contributed by atoms with Crippen molar-refractivity contribution in [3.05, 3.63) is 33.8 Å². The van der Waals surface area contributed by atoms with E-state index in [4.69, 9.17) is 23.2 Å². The molecule has 1 saturated heterocycles. The Labute approximate surface area is 130 Å². The summed E-state index contributed by atoms with van der Waals surface area (Å²) >= 11 is 11.8. The van der Waals surface area contributed by atoms with Crippen LogP contribution in [0.15, 0.2) is 18.2 Å². The zero-order chi connectivity index (χ0) is 14.5. The van der Waals surface area contributed by atoms with Crippen molar-refractivity contribution in [3.63, 3.8) is 0 Å². The molecule has 1 unspecified atom stereocenters. The van der Waals surface area contributed by atoms with E-state index in [2.05, 4.69) is 5.32 Å². The van der Waals surface area contributed by atoms with Crippen LogP contribution in [-0.2, 0) is 11.2 Å². The highest BCUT2D eigenvalue weighted by Gasteiger charge is 2.18. The van der Waals surface area contributed by atoms with E-state index in [9.17, 15) is 4.79 Å². The van der Waals surface area contributed by atoms with Gasteiger partial charge in [-0.05, 0) is 37.1 Å². The first kappa shape index (κ1) is 15.6. The minimum absolute atomic E-state index is 0.107. The lowest BCUT2D eigenvalue weighted by molar-refractivity contribution is -0.129. The predicted octanol–water partition coefficient (Wildman–Crippen LogP) is 3.14. The average Bonchev–Trinajstić information content (AvgIpc) is 2.44. The number of hydrogen-bond acceptors (Lipinski definition) is 2. The van der Waals surface area contributed by atoms with E-state index < -0.39 is 0 Å². The number of hydrogen-bond donors (Lipinski definition) is 1. The third-order valence-corrected chi connectivity index (χ3v) is 4.41. The van der Waals surface area contributed by atoms with Crippen LogP contribution >= 0.6 is 23.2 Å². The van der Waals surface area contributed by atoms with Crippen molar-refractivity contribution in [2.45, 2.75) is 31.7 Å². The van der Waals surface area contributed by atoms with Crippen LogP contribution in [0, 0.1) is 0 Å². The van der Waals surface area contributed by atoms with Crippen molar-refractivity contribution in [3.8, 4) is 0 Å². The van der Waals surface area contributed by atoms with Gasteiger partial charge < -0.3 is 10.2 Å². The quantitative estimate of drug-likeness (QED) is 0.926. The number of benzene rings is 1. The van der Waals surface area contributed by atoms with Gasteiger partial charge in [0.15, 0.2) is 0 Å². The van der Waals surface area contributed by atoms with Gasteiger partial charge in [0, 0.05) is 19.6 Å². The van der Waals surface area contributed by atoms with E-state index in [1.54, 1.807) is 17.0 Å². The van der Waals surface area contributed by atoms with Crippen LogP contribution in [0.3, 0.4) is 0 Å². The van der Waals surface area contributed by atoms with Gasteiger partial charge >= 0.3 is 0 Å². The number of nitrogens with one attached hydrogen (secondary N) is 1. The summed E-state index contributed by atoms with van der Waals surface area (Å²) < 4.78 is 0. The first-order chi connectivity index (χ1) is 9.56.